The summed E-state index contributed by atoms with van der Waals surface area (Å²) in [5, 5.41) is 0. The van der Waals surface area contributed by atoms with Gasteiger partial charge in [0.1, 0.15) is 12.4 Å². The van der Waals surface area contributed by atoms with Crippen LogP contribution < -0.4 is 10.5 Å². The van der Waals surface area contributed by atoms with Gasteiger partial charge in [0, 0.05) is 21.3 Å². The lowest BCUT2D eigenvalue weighted by Gasteiger charge is -2.33. The Labute approximate surface area is 129 Å². The van der Waals surface area contributed by atoms with Crippen molar-refractivity contribution in [1.29, 1.82) is 0 Å². The number of aliphatic imine (C=N–C) groups is 1. The van der Waals surface area contributed by atoms with E-state index >= 15 is 0 Å². The molecular weight excluding hydrogens is 334 g/mol. The van der Waals surface area contributed by atoms with Crippen molar-refractivity contribution in [2.45, 2.75) is 12.5 Å². The zero-order valence-corrected chi connectivity index (χ0v) is 12.8. The third-order valence-electron chi connectivity index (χ3n) is 3.79. The summed E-state index contributed by atoms with van der Waals surface area (Å²) in [4.78, 5) is 8.89. The van der Waals surface area contributed by atoms with Gasteiger partial charge in [0.15, 0.2) is 11.3 Å². The van der Waals surface area contributed by atoms with E-state index in [0.717, 1.165) is 27.0 Å². The first-order valence-electron chi connectivity index (χ1n) is 6.52. The predicted octanol–water partition coefficient (Wildman–Crippen LogP) is 2.85. The molecule has 4 rings (SSSR count). The molecule has 0 radical (unpaired) electrons. The zero-order valence-electron chi connectivity index (χ0n) is 11.3. The molecule has 0 amide bonds. The number of hydrogen-bond acceptors (Lipinski definition) is 5. The maximum absolute atomic E-state index is 5.96. The lowest BCUT2D eigenvalue weighted by molar-refractivity contribution is 0.264. The fourth-order valence-electron chi connectivity index (χ4n) is 2.84. The first-order chi connectivity index (χ1) is 10.1. The summed E-state index contributed by atoms with van der Waals surface area (Å²) in [6, 6.07) is 8.02. The summed E-state index contributed by atoms with van der Waals surface area (Å²) in [5.74, 6) is 1.44. The second kappa shape index (κ2) is 4.21. The third-order valence-corrected chi connectivity index (χ3v) is 4.28. The monoisotopic (exact) mass is 345 g/mol. The summed E-state index contributed by atoms with van der Waals surface area (Å²) >= 11 is 3.50. The molecule has 5 nitrogen and oxygen atoms in total. The number of amidine groups is 1. The Hall–Kier alpha value is -2.08. The Balaban J connectivity index is 2.05. The van der Waals surface area contributed by atoms with Crippen LogP contribution in [0.1, 0.15) is 16.8 Å². The first kappa shape index (κ1) is 12.6. The Bertz CT molecular complexity index is 737. The van der Waals surface area contributed by atoms with Crippen LogP contribution in [-0.2, 0) is 10.3 Å². The van der Waals surface area contributed by atoms with Crippen molar-refractivity contribution in [2.75, 3.05) is 6.61 Å². The van der Waals surface area contributed by atoms with Gasteiger partial charge in [0.05, 0.1) is 6.20 Å². The van der Waals surface area contributed by atoms with Gasteiger partial charge in [-0.2, -0.15) is 0 Å². The molecule has 3 heterocycles. The maximum atomic E-state index is 5.96. The normalized spacial score (nSPS) is 22.1. The Morgan fingerprint density at radius 1 is 1.24 bits per heavy atom. The van der Waals surface area contributed by atoms with Crippen LogP contribution in [0.4, 0.5) is 0 Å². The molecule has 2 aliphatic heterocycles. The minimum Gasteiger partial charge on any atom is -0.462 e. The number of pyridine rings is 1. The number of aromatic nitrogens is 1. The molecule has 2 aliphatic rings. The van der Waals surface area contributed by atoms with Crippen molar-refractivity contribution >= 4 is 22.0 Å². The molecule has 0 fully saturated rings. The van der Waals surface area contributed by atoms with Gasteiger partial charge in [-0.3, -0.25) is 4.98 Å². The van der Waals surface area contributed by atoms with Crippen LogP contribution in [0.5, 0.6) is 11.5 Å². The second-order valence-electron chi connectivity index (χ2n) is 5.16. The van der Waals surface area contributed by atoms with Gasteiger partial charge in [0.2, 0.25) is 0 Å². The highest BCUT2D eigenvalue weighted by Gasteiger charge is 2.47. The lowest BCUT2D eigenvalue weighted by Crippen LogP contribution is -2.31. The van der Waals surface area contributed by atoms with Gasteiger partial charge in [-0.05, 0) is 31.2 Å². The largest absolute Gasteiger partial charge is 0.462 e. The topological polar surface area (TPSA) is 69.7 Å². The molecule has 1 aromatic carbocycles. The number of halogens is 1. The molecule has 0 bridgehead atoms. The van der Waals surface area contributed by atoms with Crippen LogP contribution in [0.3, 0.4) is 0 Å². The molecule has 0 saturated heterocycles. The molecule has 6 heteroatoms. The van der Waals surface area contributed by atoms with Crippen LogP contribution in [-0.4, -0.2) is 17.6 Å². The molecule has 1 spiro atoms. The molecule has 1 unspecified atom stereocenters. The van der Waals surface area contributed by atoms with Crippen LogP contribution in [0.25, 0.3) is 0 Å². The van der Waals surface area contributed by atoms with Crippen molar-refractivity contribution in [1.82, 2.24) is 4.98 Å². The summed E-state index contributed by atoms with van der Waals surface area (Å²) in [6.07, 6.45) is 1.72. The minimum absolute atomic E-state index is 0.197. The molecule has 2 N–H and O–H groups in total. The van der Waals surface area contributed by atoms with Crippen molar-refractivity contribution in [3.8, 4) is 11.5 Å². The highest BCUT2D eigenvalue weighted by atomic mass is 79.9. The van der Waals surface area contributed by atoms with E-state index in [1.807, 2.05) is 31.2 Å². The molecular formula is C15H12BrN3O2. The van der Waals surface area contributed by atoms with Gasteiger partial charge in [-0.15, -0.1) is 0 Å². The summed E-state index contributed by atoms with van der Waals surface area (Å²) < 4.78 is 12.4. The van der Waals surface area contributed by atoms with Crippen LogP contribution in [0, 0.1) is 6.92 Å². The van der Waals surface area contributed by atoms with Crippen LogP contribution in [0.15, 0.2) is 39.9 Å². The van der Waals surface area contributed by atoms with Gasteiger partial charge in [-0.1, -0.05) is 15.9 Å². The van der Waals surface area contributed by atoms with E-state index in [2.05, 4.69) is 25.9 Å². The Morgan fingerprint density at radius 2 is 2.05 bits per heavy atom. The highest BCUT2D eigenvalue weighted by Crippen LogP contribution is 2.51. The van der Waals surface area contributed by atoms with Gasteiger partial charge in [-0.25, -0.2) is 4.99 Å². The molecule has 106 valence electrons. The number of ether oxygens (including phenoxy) is 2. The van der Waals surface area contributed by atoms with E-state index in [-0.39, 0.29) is 6.02 Å². The van der Waals surface area contributed by atoms with Crippen molar-refractivity contribution in [2.24, 2.45) is 10.7 Å². The number of nitrogens with two attached hydrogens (primary N) is 1. The fourth-order valence-corrected chi connectivity index (χ4v) is 3.20. The van der Waals surface area contributed by atoms with E-state index in [1.165, 1.54) is 0 Å². The molecule has 1 atom stereocenters. The summed E-state index contributed by atoms with van der Waals surface area (Å²) in [6.45, 7) is 2.30. The summed E-state index contributed by atoms with van der Waals surface area (Å²) in [7, 11) is 0. The van der Waals surface area contributed by atoms with Crippen molar-refractivity contribution in [3.05, 3.63) is 51.8 Å². The number of nitrogens with zero attached hydrogens (tertiary/aromatic N) is 2. The smallest absolute Gasteiger partial charge is 0.283 e. The average Bonchev–Trinajstić information content (AvgIpc) is 2.84. The second-order valence-corrected chi connectivity index (χ2v) is 6.08. The number of aryl methyl sites for hydroxylation is 1. The Morgan fingerprint density at radius 3 is 2.81 bits per heavy atom. The summed E-state index contributed by atoms with van der Waals surface area (Å²) in [5.41, 5.74) is 7.90. The minimum atomic E-state index is -0.662. The maximum Gasteiger partial charge on any atom is 0.283 e. The highest BCUT2D eigenvalue weighted by molar-refractivity contribution is 9.10. The number of hydrogen-bond donors (Lipinski definition) is 1. The SMILES string of the molecule is Cc1cc2c(cn1)Oc1ccc(Br)cc1C21COC(N)=N1. The first-order valence-corrected chi connectivity index (χ1v) is 7.31. The molecule has 0 aliphatic carbocycles. The van der Waals surface area contributed by atoms with Crippen LogP contribution in [0.2, 0.25) is 0 Å². The standard InChI is InChI=1S/C15H12BrN3O2/c1-8-4-10-13(6-18-8)21-12-3-2-9(16)5-11(12)15(10)7-20-14(17)19-15/h2-6H,7H2,1H3,(H2,17,19). The quantitative estimate of drug-likeness (QED) is 0.796. The van der Waals surface area contributed by atoms with E-state index in [9.17, 15) is 0 Å². The fraction of sp³-hybridized carbons (Fsp3) is 0.200. The van der Waals surface area contributed by atoms with Gasteiger partial charge in [0.25, 0.3) is 6.02 Å². The number of fused-ring (bicyclic) bond motifs is 4. The van der Waals surface area contributed by atoms with Crippen LogP contribution >= 0.6 is 15.9 Å². The molecule has 2 aromatic rings. The molecule has 21 heavy (non-hydrogen) atoms. The third kappa shape index (κ3) is 1.75. The predicted molar refractivity (Wildman–Crippen MR) is 81.5 cm³/mol. The van der Waals surface area contributed by atoms with E-state index in [4.69, 9.17) is 15.2 Å². The zero-order chi connectivity index (χ0) is 14.6. The van der Waals surface area contributed by atoms with Crippen molar-refractivity contribution < 1.29 is 9.47 Å². The Kier molecular flexibility index (Phi) is 2.53. The van der Waals surface area contributed by atoms with E-state index in [0.29, 0.717) is 12.4 Å². The van der Waals surface area contributed by atoms with Gasteiger partial charge >= 0.3 is 0 Å². The van der Waals surface area contributed by atoms with E-state index in [1.54, 1.807) is 6.20 Å². The van der Waals surface area contributed by atoms with Gasteiger partial charge < -0.3 is 15.2 Å². The molecule has 1 aromatic heterocycles. The van der Waals surface area contributed by atoms with E-state index < -0.39 is 5.54 Å². The van der Waals surface area contributed by atoms with Crippen molar-refractivity contribution in [3.63, 3.8) is 0 Å². The average molecular weight is 346 g/mol. The molecule has 0 saturated carbocycles. The lowest BCUT2D eigenvalue weighted by atomic mass is 9.82. The number of rotatable bonds is 0. The number of benzene rings is 1.